The number of benzene rings is 3. The third-order valence-corrected chi connectivity index (χ3v) is 9.09. The van der Waals surface area contributed by atoms with Crippen molar-refractivity contribution >= 4 is 11.8 Å². The molecule has 10 heteroatoms. The first-order chi connectivity index (χ1) is 22.8. The first-order valence-corrected chi connectivity index (χ1v) is 16.6. The number of nitrogens with zero attached hydrogens (tertiary/aromatic N) is 1. The van der Waals surface area contributed by atoms with E-state index >= 15 is 0 Å². The summed E-state index contributed by atoms with van der Waals surface area (Å²) < 4.78 is 11.4. The van der Waals surface area contributed by atoms with Gasteiger partial charge in [0.15, 0.2) is 0 Å². The number of hydrogen-bond acceptors (Lipinski definition) is 8. The monoisotopic (exact) mass is 644 g/mol. The maximum Gasteiger partial charge on any atom is 0.236 e. The number of carbonyl (C=O) groups excluding carboxylic acids is 2. The molecule has 3 aromatic rings. The Kier molecular flexibility index (Phi) is 12.4. The van der Waals surface area contributed by atoms with E-state index in [1.807, 2.05) is 78.9 Å². The average Bonchev–Trinajstić information content (AvgIpc) is 3.39. The van der Waals surface area contributed by atoms with Crippen LogP contribution in [-0.2, 0) is 33.6 Å². The van der Waals surface area contributed by atoms with Gasteiger partial charge in [0.25, 0.3) is 0 Å². The molecule has 10 nitrogen and oxygen atoms in total. The zero-order valence-corrected chi connectivity index (χ0v) is 27.1. The zero-order valence-electron chi connectivity index (χ0n) is 27.1. The highest BCUT2D eigenvalue weighted by Gasteiger charge is 2.35. The fourth-order valence-electron chi connectivity index (χ4n) is 6.35. The molecule has 2 aliphatic rings. The number of aliphatic hydroxyl groups excluding tert-OH is 2. The predicted molar refractivity (Wildman–Crippen MR) is 180 cm³/mol. The van der Waals surface area contributed by atoms with Crippen LogP contribution in [0.2, 0.25) is 0 Å². The van der Waals surface area contributed by atoms with Crippen LogP contribution < -0.4 is 21.1 Å². The molecular weight excluding hydrogens is 596 g/mol. The summed E-state index contributed by atoms with van der Waals surface area (Å²) in [6.45, 7) is 6.29. The number of ether oxygens (including phenoxy) is 2. The van der Waals surface area contributed by atoms with Crippen LogP contribution in [0, 0.1) is 5.92 Å². The minimum Gasteiger partial charge on any atom is -0.492 e. The van der Waals surface area contributed by atoms with Gasteiger partial charge in [-0.2, -0.15) is 0 Å². The van der Waals surface area contributed by atoms with E-state index in [0.717, 1.165) is 60.9 Å². The second-order valence-corrected chi connectivity index (χ2v) is 12.7. The van der Waals surface area contributed by atoms with E-state index in [1.165, 1.54) is 0 Å². The van der Waals surface area contributed by atoms with Crippen molar-refractivity contribution in [2.24, 2.45) is 11.7 Å². The van der Waals surface area contributed by atoms with Crippen LogP contribution in [-0.4, -0.2) is 90.7 Å². The number of morpholine rings is 1. The van der Waals surface area contributed by atoms with E-state index in [-0.39, 0.29) is 18.2 Å². The molecule has 0 bridgehead atoms. The highest BCUT2D eigenvalue weighted by atomic mass is 16.5. The van der Waals surface area contributed by atoms with Gasteiger partial charge in [0, 0.05) is 32.0 Å². The molecule has 1 aliphatic heterocycles. The molecule has 6 atom stereocenters. The molecular formula is C37H48N4O6. The van der Waals surface area contributed by atoms with Gasteiger partial charge in [-0.15, -0.1) is 0 Å². The Bertz CT molecular complexity index is 1430. The highest BCUT2D eigenvalue weighted by Crippen LogP contribution is 2.32. The van der Waals surface area contributed by atoms with E-state index in [9.17, 15) is 19.8 Å². The van der Waals surface area contributed by atoms with Gasteiger partial charge >= 0.3 is 0 Å². The third-order valence-electron chi connectivity index (χ3n) is 9.09. The lowest BCUT2D eigenvalue weighted by Crippen LogP contribution is -2.51. The summed E-state index contributed by atoms with van der Waals surface area (Å²) in [6, 6.07) is 23.0. The molecule has 0 aromatic heterocycles. The van der Waals surface area contributed by atoms with Gasteiger partial charge in [-0.3, -0.25) is 14.5 Å². The summed E-state index contributed by atoms with van der Waals surface area (Å²) in [5.74, 6) is -0.549. The molecule has 1 fully saturated rings. The molecule has 47 heavy (non-hydrogen) atoms. The summed E-state index contributed by atoms with van der Waals surface area (Å²) in [5, 5.41) is 28.4. The van der Waals surface area contributed by atoms with Gasteiger partial charge in [0.2, 0.25) is 11.8 Å². The van der Waals surface area contributed by atoms with Crippen LogP contribution in [0.4, 0.5) is 0 Å². The Balaban J connectivity index is 1.30. The average molecular weight is 645 g/mol. The lowest BCUT2D eigenvalue weighted by Gasteiger charge is -2.29. The smallest absolute Gasteiger partial charge is 0.236 e. The van der Waals surface area contributed by atoms with Crippen LogP contribution in [0.5, 0.6) is 5.75 Å². The Morgan fingerprint density at radius 2 is 1.64 bits per heavy atom. The van der Waals surface area contributed by atoms with Gasteiger partial charge in [-0.05, 0) is 60.6 Å². The Morgan fingerprint density at radius 3 is 2.36 bits per heavy atom. The van der Waals surface area contributed by atoms with Crippen LogP contribution in [0.1, 0.15) is 41.6 Å². The Morgan fingerprint density at radius 1 is 0.957 bits per heavy atom. The predicted octanol–water partition coefficient (Wildman–Crippen LogP) is 2.16. The van der Waals surface area contributed by atoms with Crippen LogP contribution in [0.25, 0.3) is 0 Å². The summed E-state index contributed by atoms with van der Waals surface area (Å²) in [5.41, 5.74) is 9.61. The normalized spacial score (nSPS) is 20.4. The fourth-order valence-corrected chi connectivity index (χ4v) is 6.35. The van der Waals surface area contributed by atoms with E-state index in [2.05, 4.69) is 15.5 Å². The molecule has 2 amide bonds. The molecule has 5 rings (SSSR count). The minimum absolute atomic E-state index is 0.0881. The second kappa shape index (κ2) is 16.9. The third kappa shape index (κ3) is 9.85. The fraction of sp³-hybridized carbons (Fsp3) is 0.459. The van der Waals surface area contributed by atoms with Crippen LogP contribution in [0.3, 0.4) is 0 Å². The summed E-state index contributed by atoms with van der Waals surface area (Å²) in [7, 11) is 0. The van der Waals surface area contributed by atoms with Gasteiger partial charge in [-0.25, -0.2) is 0 Å². The summed E-state index contributed by atoms with van der Waals surface area (Å²) in [4.78, 5) is 29.0. The molecule has 0 saturated carbocycles. The number of amides is 2. The van der Waals surface area contributed by atoms with E-state index in [0.29, 0.717) is 25.9 Å². The first-order valence-electron chi connectivity index (χ1n) is 16.6. The molecule has 1 saturated heterocycles. The number of hydrogen-bond donors (Lipinski definition) is 5. The highest BCUT2D eigenvalue weighted by molar-refractivity contribution is 5.81. The molecule has 1 heterocycles. The lowest BCUT2D eigenvalue weighted by molar-refractivity contribution is -0.128. The van der Waals surface area contributed by atoms with Crippen molar-refractivity contribution in [2.45, 2.75) is 62.9 Å². The molecule has 3 aromatic carbocycles. The van der Waals surface area contributed by atoms with Gasteiger partial charge in [0.1, 0.15) is 12.4 Å². The van der Waals surface area contributed by atoms with Crippen molar-refractivity contribution in [2.75, 3.05) is 39.5 Å². The van der Waals surface area contributed by atoms with Gasteiger partial charge in [0.05, 0.1) is 43.5 Å². The minimum atomic E-state index is -1.04. The number of nitrogens with two attached hydrogens (primary N) is 1. The van der Waals surface area contributed by atoms with Crippen molar-refractivity contribution < 1.29 is 29.3 Å². The topological polar surface area (TPSA) is 146 Å². The standard InChI is InChI=1S/C37H48N4O6/c1-25(38)36(44)39-32(22-26-7-3-2-4-8-26)33(42)24-29(37(45)40-35-31-10-6-5-9-28(31)23-34(35)43)21-27-11-13-30(14-12-27)47-20-17-41-15-18-46-19-16-41/h2-14,25,29,32-35,42-43H,15-24,38H2,1H3,(H,39,44)(H,40,45)/t25-,29+,32-,33-,34+,35-/m0/s1. The molecule has 0 spiro atoms. The maximum absolute atomic E-state index is 14.0. The number of rotatable bonds is 15. The number of fused-ring (bicyclic) bond motifs is 1. The Labute approximate surface area is 277 Å². The molecule has 0 radical (unpaired) electrons. The number of aliphatic hydroxyl groups is 2. The lowest BCUT2D eigenvalue weighted by atomic mass is 9.88. The quantitative estimate of drug-likeness (QED) is 0.169. The van der Waals surface area contributed by atoms with Crippen molar-refractivity contribution in [3.63, 3.8) is 0 Å². The van der Waals surface area contributed by atoms with Crippen LogP contribution in [0.15, 0.2) is 78.9 Å². The molecule has 6 N–H and O–H groups in total. The summed E-state index contributed by atoms with van der Waals surface area (Å²) in [6.07, 6.45) is -0.515. The van der Waals surface area contributed by atoms with Crippen molar-refractivity contribution in [3.05, 3.63) is 101 Å². The van der Waals surface area contributed by atoms with Crippen molar-refractivity contribution in [1.82, 2.24) is 15.5 Å². The van der Waals surface area contributed by atoms with Crippen molar-refractivity contribution in [1.29, 1.82) is 0 Å². The number of nitrogens with one attached hydrogen (secondary N) is 2. The zero-order chi connectivity index (χ0) is 33.2. The van der Waals surface area contributed by atoms with E-state index in [1.54, 1.807) is 6.92 Å². The second-order valence-electron chi connectivity index (χ2n) is 12.7. The Hall–Kier alpha value is -3.80. The van der Waals surface area contributed by atoms with E-state index in [4.69, 9.17) is 15.2 Å². The van der Waals surface area contributed by atoms with Crippen molar-refractivity contribution in [3.8, 4) is 5.75 Å². The largest absolute Gasteiger partial charge is 0.492 e. The molecule has 0 unspecified atom stereocenters. The van der Waals surface area contributed by atoms with Crippen LogP contribution >= 0.6 is 0 Å². The SMILES string of the molecule is C[C@H](N)C(=O)N[C@@H](Cc1ccccc1)[C@@H](O)C[C@@H](Cc1ccc(OCCN2CCOCC2)cc1)C(=O)N[C@H]1c2ccccc2C[C@H]1O. The number of carbonyl (C=O) groups is 2. The molecule has 1 aliphatic carbocycles. The maximum atomic E-state index is 14.0. The van der Waals surface area contributed by atoms with Gasteiger partial charge < -0.3 is 36.1 Å². The summed E-state index contributed by atoms with van der Waals surface area (Å²) >= 11 is 0. The van der Waals surface area contributed by atoms with E-state index < -0.39 is 36.3 Å². The molecule has 252 valence electrons. The van der Waals surface area contributed by atoms with Gasteiger partial charge in [-0.1, -0.05) is 66.7 Å². The first kappa shape index (κ1) is 34.5.